The minimum atomic E-state index is -0.500. The molecule has 1 N–H and O–H groups in total. The second-order valence-electron chi connectivity index (χ2n) is 3.43. The Labute approximate surface area is 81.3 Å². The molecule has 76 valence electrons. The fourth-order valence-electron chi connectivity index (χ4n) is 1.58. The highest BCUT2D eigenvalue weighted by Crippen LogP contribution is 2.11. The smallest absolute Gasteiger partial charge is 0.225 e. The van der Waals surface area contributed by atoms with Crippen LogP contribution in [0.25, 0.3) is 0 Å². The molecule has 0 radical (unpaired) electrons. The summed E-state index contributed by atoms with van der Waals surface area (Å²) in [6, 6.07) is 0. The van der Waals surface area contributed by atoms with Gasteiger partial charge in [0.2, 0.25) is 5.91 Å². The van der Waals surface area contributed by atoms with Crippen molar-refractivity contribution in [2.45, 2.75) is 18.9 Å². The number of carbonyl (C=O) groups is 1. The van der Waals surface area contributed by atoms with Crippen LogP contribution in [-0.4, -0.2) is 40.1 Å². The van der Waals surface area contributed by atoms with Gasteiger partial charge in [0.15, 0.2) is 6.39 Å². The van der Waals surface area contributed by atoms with E-state index in [9.17, 15) is 9.90 Å². The topological polar surface area (TPSA) is 66.6 Å². The first-order valence-electron chi connectivity index (χ1n) is 4.58. The second kappa shape index (κ2) is 3.79. The Morgan fingerprint density at radius 3 is 3.14 bits per heavy atom. The maximum absolute atomic E-state index is 11.3. The van der Waals surface area contributed by atoms with Crippen molar-refractivity contribution in [2.24, 2.45) is 0 Å². The summed E-state index contributed by atoms with van der Waals surface area (Å²) < 4.78 is 4.81. The molecule has 5 heteroatoms. The summed E-state index contributed by atoms with van der Waals surface area (Å²) in [5.41, 5.74) is 0.833. The molecule has 0 aliphatic carbocycles. The van der Waals surface area contributed by atoms with Crippen molar-refractivity contribution in [3.05, 3.63) is 18.4 Å². The highest BCUT2D eigenvalue weighted by atomic mass is 16.3. The molecule has 0 saturated carbocycles. The second-order valence-corrected chi connectivity index (χ2v) is 3.43. The molecular weight excluding hydrogens is 184 g/mol. The van der Waals surface area contributed by atoms with Crippen LogP contribution in [0, 0.1) is 0 Å². The number of carbonyl (C=O) groups excluding carboxylic acids is 1. The molecule has 1 aromatic heterocycles. The molecule has 1 aliphatic rings. The third-order valence-electron chi connectivity index (χ3n) is 2.32. The molecule has 1 saturated heterocycles. The number of nitrogens with zero attached hydrogens (tertiary/aromatic N) is 2. The number of hydrogen-bond donors (Lipinski definition) is 1. The molecule has 14 heavy (non-hydrogen) atoms. The van der Waals surface area contributed by atoms with Gasteiger partial charge in [-0.1, -0.05) is 0 Å². The van der Waals surface area contributed by atoms with Gasteiger partial charge in [-0.3, -0.25) is 4.79 Å². The van der Waals surface area contributed by atoms with E-state index in [1.54, 1.807) is 11.2 Å². The van der Waals surface area contributed by atoms with E-state index in [0.29, 0.717) is 19.5 Å². The minimum absolute atomic E-state index is 0.0148. The van der Waals surface area contributed by atoms with E-state index < -0.39 is 6.10 Å². The van der Waals surface area contributed by atoms with Crippen molar-refractivity contribution >= 4 is 5.91 Å². The number of aliphatic hydroxyl groups is 1. The first-order valence-corrected chi connectivity index (χ1v) is 4.58. The van der Waals surface area contributed by atoms with Crippen LogP contribution in [0.3, 0.4) is 0 Å². The van der Waals surface area contributed by atoms with Crippen molar-refractivity contribution in [2.75, 3.05) is 13.1 Å². The summed E-state index contributed by atoms with van der Waals surface area (Å²) in [7, 11) is 0. The predicted octanol–water partition coefficient (Wildman–Crippen LogP) is -0.190. The highest BCUT2D eigenvalue weighted by Gasteiger charge is 2.27. The van der Waals surface area contributed by atoms with Crippen molar-refractivity contribution in [1.29, 1.82) is 0 Å². The zero-order valence-corrected chi connectivity index (χ0v) is 7.72. The summed E-state index contributed by atoms with van der Waals surface area (Å²) in [5.74, 6) is 0.0148. The Kier molecular flexibility index (Phi) is 2.49. The molecule has 1 atom stereocenters. The van der Waals surface area contributed by atoms with E-state index in [1.165, 1.54) is 6.39 Å². The summed E-state index contributed by atoms with van der Waals surface area (Å²) >= 11 is 0. The summed E-state index contributed by atoms with van der Waals surface area (Å²) in [4.78, 5) is 16.9. The number of rotatable bonds is 3. The average molecular weight is 196 g/mol. The van der Waals surface area contributed by atoms with E-state index in [1.807, 2.05) is 0 Å². The van der Waals surface area contributed by atoms with E-state index in [-0.39, 0.29) is 12.3 Å². The monoisotopic (exact) mass is 196 g/mol. The van der Waals surface area contributed by atoms with E-state index >= 15 is 0 Å². The van der Waals surface area contributed by atoms with Gasteiger partial charge in [0, 0.05) is 19.5 Å². The normalized spacial score (nSPS) is 21.9. The quantitative estimate of drug-likeness (QED) is 0.727. The summed E-state index contributed by atoms with van der Waals surface area (Å²) in [6.45, 7) is 1.04. The SMILES string of the molecule is O=C1CC(O)CN1CCc1cocn1. The molecule has 5 nitrogen and oxygen atoms in total. The molecule has 0 bridgehead atoms. The molecule has 0 spiro atoms. The van der Waals surface area contributed by atoms with E-state index in [4.69, 9.17) is 4.42 Å². The summed E-state index contributed by atoms with van der Waals surface area (Å²) in [6.07, 6.45) is 3.36. The number of amides is 1. The van der Waals surface area contributed by atoms with Gasteiger partial charge in [-0.15, -0.1) is 0 Å². The fourth-order valence-corrected chi connectivity index (χ4v) is 1.58. The first kappa shape index (κ1) is 9.21. The lowest BCUT2D eigenvalue weighted by Gasteiger charge is -2.13. The Morgan fingerprint density at radius 1 is 1.71 bits per heavy atom. The minimum Gasteiger partial charge on any atom is -0.451 e. The highest BCUT2D eigenvalue weighted by molar-refractivity contribution is 5.78. The van der Waals surface area contributed by atoms with Crippen molar-refractivity contribution < 1.29 is 14.3 Å². The van der Waals surface area contributed by atoms with E-state index in [0.717, 1.165) is 5.69 Å². The van der Waals surface area contributed by atoms with Gasteiger partial charge in [-0.25, -0.2) is 4.98 Å². The van der Waals surface area contributed by atoms with Gasteiger partial charge >= 0.3 is 0 Å². The van der Waals surface area contributed by atoms with Crippen molar-refractivity contribution in [3.8, 4) is 0 Å². The Morgan fingerprint density at radius 2 is 2.57 bits per heavy atom. The molecule has 1 amide bonds. The van der Waals surface area contributed by atoms with Gasteiger partial charge in [-0.05, 0) is 0 Å². The van der Waals surface area contributed by atoms with Gasteiger partial charge in [-0.2, -0.15) is 0 Å². The molecule has 1 aromatic rings. The predicted molar refractivity (Wildman–Crippen MR) is 47.4 cm³/mol. The standard InChI is InChI=1S/C9H12N2O3/c12-8-3-9(13)11(4-8)2-1-7-5-14-6-10-7/h5-6,8,12H,1-4H2. The molecule has 0 aromatic carbocycles. The number of oxazole rings is 1. The third kappa shape index (κ3) is 1.93. The number of aromatic nitrogens is 1. The van der Waals surface area contributed by atoms with E-state index in [2.05, 4.69) is 4.98 Å². The van der Waals surface area contributed by atoms with Crippen LogP contribution in [0.1, 0.15) is 12.1 Å². The fraction of sp³-hybridized carbons (Fsp3) is 0.556. The first-order chi connectivity index (χ1) is 6.75. The van der Waals surface area contributed by atoms with Crippen molar-refractivity contribution in [3.63, 3.8) is 0 Å². The maximum Gasteiger partial charge on any atom is 0.225 e. The van der Waals surface area contributed by atoms with Gasteiger partial charge in [0.1, 0.15) is 6.26 Å². The lowest BCUT2D eigenvalue weighted by molar-refractivity contribution is -0.127. The van der Waals surface area contributed by atoms with Crippen LogP contribution in [0.2, 0.25) is 0 Å². The van der Waals surface area contributed by atoms with Crippen LogP contribution in [0.15, 0.2) is 17.1 Å². The zero-order chi connectivity index (χ0) is 9.97. The zero-order valence-electron chi connectivity index (χ0n) is 7.72. The largest absolute Gasteiger partial charge is 0.451 e. The average Bonchev–Trinajstić information content (AvgIpc) is 2.72. The van der Waals surface area contributed by atoms with Crippen LogP contribution >= 0.6 is 0 Å². The van der Waals surface area contributed by atoms with Gasteiger partial charge in [0.05, 0.1) is 18.2 Å². The van der Waals surface area contributed by atoms with Crippen LogP contribution in [-0.2, 0) is 11.2 Å². The number of β-amino-alcohol motifs (C(OH)–C–C–N with tert-alkyl or cyclic N) is 1. The van der Waals surface area contributed by atoms with Crippen LogP contribution < -0.4 is 0 Å². The molecule has 1 aliphatic heterocycles. The lowest BCUT2D eigenvalue weighted by atomic mass is 10.3. The molecule has 1 fully saturated rings. The number of likely N-dealkylation sites (tertiary alicyclic amines) is 1. The molecule has 2 rings (SSSR count). The number of hydrogen-bond acceptors (Lipinski definition) is 4. The van der Waals surface area contributed by atoms with Gasteiger partial charge < -0.3 is 14.4 Å². The Hall–Kier alpha value is -1.36. The molecular formula is C9H12N2O3. The van der Waals surface area contributed by atoms with Crippen molar-refractivity contribution in [1.82, 2.24) is 9.88 Å². The Bertz CT molecular complexity index is 310. The Balaban J connectivity index is 1.84. The molecule has 1 unspecified atom stereocenters. The molecule has 2 heterocycles. The number of aliphatic hydroxyl groups excluding tert-OH is 1. The lowest BCUT2D eigenvalue weighted by Crippen LogP contribution is -2.28. The third-order valence-corrected chi connectivity index (χ3v) is 2.32. The van der Waals surface area contributed by atoms with Crippen LogP contribution in [0.5, 0.6) is 0 Å². The van der Waals surface area contributed by atoms with Crippen LogP contribution in [0.4, 0.5) is 0 Å². The van der Waals surface area contributed by atoms with Gasteiger partial charge in [0.25, 0.3) is 0 Å². The summed E-state index contributed by atoms with van der Waals surface area (Å²) in [5, 5.41) is 9.23. The maximum atomic E-state index is 11.3.